The standard InChI is InChI=1S/C22H28N2O6/c25-19(15-5-1-3-7-17(15)21(27)28)23-13-9-11-14(12-10-13)24-20(26)16-6-2-4-8-18(16)22(29)30/h9-12,15-18H,1-8H2,(H,23,25)(H,24,26)(H,27,28)(H,29,30)/p-2/t15-,16+,17+,18-. The van der Waals surface area contributed by atoms with E-state index in [-0.39, 0.29) is 11.8 Å². The van der Waals surface area contributed by atoms with Crippen LogP contribution in [-0.2, 0) is 19.2 Å². The molecule has 0 bridgehead atoms. The van der Waals surface area contributed by atoms with Crippen molar-refractivity contribution >= 4 is 35.1 Å². The van der Waals surface area contributed by atoms with E-state index < -0.39 is 35.6 Å². The van der Waals surface area contributed by atoms with Crippen LogP contribution in [0.5, 0.6) is 0 Å². The summed E-state index contributed by atoms with van der Waals surface area (Å²) in [7, 11) is 0. The van der Waals surface area contributed by atoms with Crippen molar-refractivity contribution in [3.05, 3.63) is 24.3 Å². The van der Waals surface area contributed by atoms with E-state index in [9.17, 15) is 29.4 Å². The summed E-state index contributed by atoms with van der Waals surface area (Å²) in [5, 5.41) is 28.1. The Labute approximate surface area is 175 Å². The summed E-state index contributed by atoms with van der Waals surface area (Å²) in [5.74, 6) is -5.85. The monoisotopic (exact) mass is 414 g/mol. The first-order chi connectivity index (χ1) is 14.4. The van der Waals surface area contributed by atoms with Gasteiger partial charge in [0, 0.05) is 47.0 Å². The molecule has 0 heterocycles. The van der Waals surface area contributed by atoms with E-state index in [1.54, 1.807) is 24.3 Å². The van der Waals surface area contributed by atoms with Crippen molar-refractivity contribution < 1.29 is 29.4 Å². The first kappa shape index (κ1) is 21.8. The van der Waals surface area contributed by atoms with Crippen LogP contribution in [0, 0.1) is 23.7 Å². The molecule has 2 aliphatic carbocycles. The Morgan fingerprint density at radius 3 is 1.20 bits per heavy atom. The molecule has 2 aliphatic rings. The maximum atomic E-state index is 12.5. The smallest absolute Gasteiger partial charge is 0.228 e. The Balaban J connectivity index is 1.59. The highest BCUT2D eigenvalue weighted by atomic mass is 16.4. The summed E-state index contributed by atoms with van der Waals surface area (Å²) < 4.78 is 0. The van der Waals surface area contributed by atoms with E-state index in [0.29, 0.717) is 37.1 Å². The second-order valence-electron chi connectivity index (χ2n) is 8.19. The molecule has 2 N–H and O–H groups in total. The average Bonchev–Trinajstić information content (AvgIpc) is 2.75. The van der Waals surface area contributed by atoms with Gasteiger partial charge in [0.1, 0.15) is 0 Å². The number of nitrogens with one attached hydrogen (secondary N) is 2. The average molecular weight is 414 g/mol. The van der Waals surface area contributed by atoms with Crippen LogP contribution in [0.25, 0.3) is 0 Å². The second-order valence-corrected chi connectivity index (χ2v) is 8.19. The Bertz CT molecular complexity index is 739. The zero-order chi connectivity index (χ0) is 21.7. The van der Waals surface area contributed by atoms with E-state index in [1.165, 1.54) is 0 Å². The summed E-state index contributed by atoms with van der Waals surface area (Å²) in [6.07, 6.45) is 5.08. The molecule has 1 aromatic carbocycles. The summed E-state index contributed by atoms with van der Waals surface area (Å²) in [4.78, 5) is 47.6. The van der Waals surface area contributed by atoms with Gasteiger partial charge in [-0.25, -0.2) is 0 Å². The summed E-state index contributed by atoms with van der Waals surface area (Å²) in [6.45, 7) is 0. The number of carboxylic acid groups (broad SMARTS) is 2. The van der Waals surface area contributed by atoms with Gasteiger partial charge >= 0.3 is 0 Å². The lowest BCUT2D eigenvalue weighted by Gasteiger charge is -2.31. The minimum absolute atomic E-state index is 0.348. The van der Waals surface area contributed by atoms with Crippen LogP contribution in [0.1, 0.15) is 51.4 Å². The number of amides is 2. The number of carboxylic acids is 2. The molecule has 0 radical (unpaired) electrons. The molecule has 0 unspecified atom stereocenters. The lowest BCUT2D eigenvalue weighted by atomic mass is 9.78. The number of rotatable bonds is 6. The predicted molar refractivity (Wildman–Crippen MR) is 105 cm³/mol. The van der Waals surface area contributed by atoms with Gasteiger partial charge in [-0.1, -0.05) is 25.7 Å². The van der Waals surface area contributed by atoms with Crippen LogP contribution in [0.15, 0.2) is 24.3 Å². The first-order valence-corrected chi connectivity index (χ1v) is 10.5. The number of carbonyl (C=O) groups is 4. The summed E-state index contributed by atoms with van der Waals surface area (Å²) in [5.41, 5.74) is 0.983. The zero-order valence-corrected chi connectivity index (χ0v) is 16.7. The third kappa shape index (κ3) is 5.17. The van der Waals surface area contributed by atoms with Crippen LogP contribution in [0.3, 0.4) is 0 Å². The molecule has 2 amide bonds. The molecule has 2 fully saturated rings. The molecule has 0 saturated heterocycles. The third-order valence-corrected chi connectivity index (χ3v) is 6.23. The van der Waals surface area contributed by atoms with Gasteiger partial charge in [0.15, 0.2) is 0 Å². The number of hydrogen-bond acceptors (Lipinski definition) is 6. The molecular formula is C22H26N2O6-2. The number of aliphatic carboxylic acids is 2. The topological polar surface area (TPSA) is 138 Å². The van der Waals surface area contributed by atoms with E-state index in [0.717, 1.165) is 25.7 Å². The number of carbonyl (C=O) groups excluding carboxylic acids is 4. The Kier molecular flexibility index (Phi) is 7.07. The Morgan fingerprint density at radius 2 is 0.900 bits per heavy atom. The van der Waals surface area contributed by atoms with E-state index >= 15 is 0 Å². The molecule has 0 spiro atoms. The van der Waals surface area contributed by atoms with Crippen molar-refractivity contribution in [1.82, 2.24) is 0 Å². The Morgan fingerprint density at radius 1 is 0.600 bits per heavy atom. The highest BCUT2D eigenvalue weighted by Gasteiger charge is 2.33. The SMILES string of the molecule is O=C([O-])[C@H]1CCCC[C@H]1C(=O)Nc1ccc(NC(=O)[C@H]2CCCC[C@H]2C(=O)[O-])cc1. The molecule has 162 valence electrons. The van der Waals surface area contributed by atoms with Crippen LogP contribution in [0.2, 0.25) is 0 Å². The maximum absolute atomic E-state index is 12.5. The fourth-order valence-electron chi connectivity index (χ4n) is 4.56. The molecule has 1 aromatic rings. The lowest BCUT2D eigenvalue weighted by molar-refractivity contribution is -0.315. The molecule has 8 nitrogen and oxygen atoms in total. The normalized spacial score (nSPS) is 26.4. The van der Waals surface area contributed by atoms with E-state index in [4.69, 9.17) is 0 Å². The highest BCUT2D eigenvalue weighted by molar-refractivity contribution is 5.97. The lowest BCUT2D eigenvalue weighted by Crippen LogP contribution is -2.42. The van der Waals surface area contributed by atoms with Gasteiger partial charge in [0.25, 0.3) is 0 Å². The minimum atomic E-state index is -1.19. The van der Waals surface area contributed by atoms with Gasteiger partial charge in [-0.15, -0.1) is 0 Å². The van der Waals surface area contributed by atoms with Gasteiger partial charge in [0.2, 0.25) is 11.8 Å². The number of hydrogen-bond donors (Lipinski definition) is 2. The molecule has 2 saturated carbocycles. The van der Waals surface area contributed by atoms with Crippen LogP contribution >= 0.6 is 0 Å². The van der Waals surface area contributed by atoms with Crippen LogP contribution < -0.4 is 20.8 Å². The second kappa shape index (κ2) is 9.73. The molecule has 4 atom stereocenters. The molecular weight excluding hydrogens is 388 g/mol. The predicted octanol–water partition coefficient (Wildman–Crippen LogP) is 0.676. The van der Waals surface area contributed by atoms with Crippen molar-refractivity contribution in [2.45, 2.75) is 51.4 Å². The van der Waals surface area contributed by atoms with Gasteiger partial charge in [-0.2, -0.15) is 0 Å². The first-order valence-electron chi connectivity index (χ1n) is 10.5. The molecule has 0 aromatic heterocycles. The van der Waals surface area contributed by atoms with Crippen molar-refractivity contribution in [1.29, 1.82) is 0 Å². The fraction of sp³-hybridized carbons (Fsp3) is 0.545. The maximum Gasteiger partial charge on any atom is 0.228 e. The molecule has 30 heavy (non-hydrogen) atoms. The fourth-order valence-corrected chi connectivity index (χ4v) is 4.56. The van der Waals surface area contributed by atoms with E-state index in [2.05, 4.69) is 10.6 Å². The number of anilines is 2. The molecule has 3 rings (SSSR count). The quantitative estimate of drug-likeness (QED) is 0.702. The molecule has 8 heteroatoms. The zero-order valence-electron chi connectivity index (χ0n) is 16.7. The Hall–Kier alpha value is -2.90. The van der Waals surface area contributed by atoms with Crippen LogP contribution in [-0.4, -0.2) is 23.8 Å². The van der Waals surface area contributed by atoms with Gasteiger partial charge in [-0.05, 0) is 49.9 Å². The van der Waals surface area contributed by atoms with Crippen LogP contribution in [0.4, 0.5) is 11.4 Å². The minimum Gasteiger partial charge on any atom is -0.550 e. The van der Waals surface area contributed by atoms with E-state index in [1.807, 2.05) is 0 Å². The summed E-state index contributed by atoms with van der Waals surface area (Å²) in [6, 6.07) is 6.45. The van der Waals surface area contributed by atoms with Gasteiger partial charge < -0.3 is 30.4 Å². The van der Waals surface area contributed by atoms with Crippen molar-refractivity contribution in [2.24, 2.45) is 23.7 Å². The van der Waals surface area contributed by atoms with Crippen molar-refractivity contribution in [3.63, 3.8) is 0 Å². The summed E-state index contributed by atoms with van der Waals surface area (Å²) >= 11 is 0. The van der Waals surface area contributed by atoms with Gasteiger partial charge in [-0.3, -0.25) is 9.59 Å². The van der Waals surface area contributed by atoms with Crippen molar-refractivity contribution in [2.75, 3.05) is 10.6 Å². The third-order valence-electron chi connectivity index (χ3n) is 6.23. The number of benzene rings is 1. The van der Waals surface area contributed by atoms with Crippen molar-refractivity contribution in [3.8, 4) is 0 Å². The van der Waals surface area contributed by atoms with Gasteiger partial charge in [0.05, 0.1) is 0 Å². The molecule has 0 aliphatic heterocycles. The largest absolute Gasteiger partial charge is 0.550 e. The highest BCUT2D eigenvalue weighted by Crippen LogP contribution is 2.32.